The molecule has 3 rings (SSSR count). The van der Waals surface area contributed by atoms with Gasteiger partial charge in [-0.3, -0.25) is 18.7 Å². The third-order valence-electron chi connectivity index (χ3n) is 4.10. The van der Waals surface area contributed by atoms with Crippen LogP contribution in [0.15, 0.2) is 38.9 Å². The van der Waals surface area contributed by atoms with Crippen molar-refractivity contribution in [3.8, 4) is 17.1 Å². The van der Waals surface area contributed by atoms with E-state index in [2.05, 4.69) is 9.97 Å². The lowest BCUT2D eigenvalue weighted by Crippen LogP contribution is -2.37. The van der Waals surface area contributed by atoms with E-state index < -0.39 is 11.2 Å². The maximum absolute atomic E-state index is 12.7. The largest absolute Gasteiger partial charge is 0.494 e. The Morgan fingerprint density at radius 3 is 2.39 bits per heavy atom. The van der Waals surface area contributed by atoms with Crippen molar-refractivity contribution in [3.63, 3.8) is 0 Å². The Morgan fingerprint density at radius 1 is 1.11 bits per heavy atom. The van der Waals surface area contributed by atoms with E-state index in [9.17, 15) is 14.4 Å². The summed E-state index contributed by atoms with van der Waals surface area (Å²) in [7, 11) is 2.96. The van der Waals surface area contributed by atoms with Gasteiger partial charge in [-0.15, -0.1) is 0 Å². The van der Waals surface area contributed by atoms with Crippen LogP contribution in [0.3, 0.4) is 0 Å². The average molecular weight is 400 g/mol. The number of ether oxygens (including phenoxy) is 1. The summed E-state index contributed by atoms with van der Waals surface area (Å²) in [5.41, 5.74) is -0.0139. The molecule has 146 valence electrons. The van der Waals surface area contributed by atoms with Crippen LogP contribution in [0.1, 0.15) is 13.8 Å². The Labute approximate surface area is 165 Å². The summed E-state index contributed by atoms with van der Waals surface area (Å²) in [6.07, 6.45) is 0. The van der Waals surface area contributed by atoms with E-state index >= 15 is 0 Å². The zero-order valence-electron chi connectivity index (χ0n) is 16.1. The predicted molar refractivity (Wildman–Crippen MR) is 108 cm³/mol. The third-order valence-corrected chi connectivity index (χ3v) is 5.22. The number of thioether (sulfide) groups is 1. The molecule has 0 radical (unpaired) electrons. The molecule has 0 saturated heterocycles. The van der Waals surface area contributed by atoms with Gasteiger partial charge in [-0.2, -0.15) is 0 Å². The summed E-state index contributed by atoms with van der Waals surface area (Å²) in [6, 6.07) is 7.23. The average Bonchev–Trinajstić information content (AvgIpc) is 2.69. The molecule has 2 aromatic heterocycles. The van der Waals surface area contributed by atoms with E-state index in [1.165, 1.54) is 18.5 Å². The smallest absolute Gasteiger partial charge is 0.332 e. The molecule has 0 saturated carbocycles. The van der Waals surface area contributed by atoms with Crippen LogP contribution < -0.4 is 16.0 Å². The molecule has 0 aliphatic heterocycles. The predicted octanol–water partition coefficient (Wildman–Crippen LogP) is 1.77. The van der Waals surface area contributed by atoms with E-state index in [1.807, 2.05) is 19.1 Å². The van der Waals surface area contributed by atoms with Gasteiger partial charge in [0.1, 0.15) is 21.9 Å². The van der Waals surface area contributed by atoms with Crippen molar-refractivity contribution in [3.05, 3.63) is 45.1 Å². The van der Waals surface area contributed by atoms with E-state index in [0.717, 1.165) is 22.1 Å². The molecule has 1 aromatic carbocycles. The fraction of sp³-hybridized carbons (Fsp3) is 0.316. The topological polar surface area (TPSA) is 96.1 Å². The molecule has 0 atom stereocenters. The molecule has 0 N–H and O–H groups in total. The SMILES string of the molecule is CCOc1ccc(-c2nc(SCC(C)=O)c3c(=O)n(C)c(=O)n(C)c3n2)cc1. The van der Waals surface area contributed by atoms with Crippen LogP contribution in [0.5, 0.6) is 5.75 Å². The summed E-state index contributed by atoms with van der Waals surface area (Å²) < 4.78 is 7.78. The minimum absolute atomic E-state index is 0.0407. The van der Waals surface area contributed by atoms with Crippen molar-refractivity contribution >= 4 is 28.6 Å². The second-order valence-electron chi connectivity index (χ2n) is 6.20. The van der Waals surface area contributed by atoms with Gasteiger partial charge in [0.2, 0.25) is 0 Å². The molecule has 2 heterocycles. The Kier molecular flexibility index (Phi) is 5.64. The quantitative estimate of drug-likeness (QED) is 0.460. The summed E-state index contributed by atoms with van der Waals surface area (Å²) in [6.45, 7) is 3.93. The first kappa shape index (κ1) is 19.8. The number of rotatable bonds is 6. The monoisotopic (exact) mass is 400 g/mol. The number of aromatic nitrogens is 4. The highest BCUT2D eigenvalue weighted by Crippen LogP contribution is 2.27. The number of aryl methyl sites for hydroxylation is 1. The fourth-order valence-electron chi connectivity index (χ4n) is 2.70. The number of fused-ring (bicyclic) bond motifs is 1. The molecule has 0 amide bonds. The second-order valence-corrected chi connectivity index (χ2v) is 7.17. The minimum Gasteiger partial charge on any atom is -0.494 e. The lowest BCUT2D eigenvalue weighted by molar-refractivity contribution is -0.114. The van der Waals surface area contributed by atoms with E-state index in [0.29, 0.717) is 23.0 Å². The van der Waals surface area contributed by atoms with Gasteiger partial charge in [-0.05, 0) is 38.1 Å². The minimum atomic E-state index is -0.484. The maximum atomic E-state index is 12.7. The van der Waals surface area contributed by atoms with Crippen LogP contribution >= 0.6 is 11.8 Å². The first-order valence-corrected chi connectivity index (χ1v) is 9.65. The molecular weight excluding hydrogens is 380 g/mol. The molecule has 8 nitrogen and oxygen atoms in total. The van der Waals surface area contributed by atoms with Crippen molar-refractivity contribution in [1.29, 1.82) is 0 Å². The first-order chi connectivity index (χ1) is 13.3. The highest BCUT2D eigenvalue weighted by Gasteiger charge is 2.18. The molecule has 0 aliphatic rings. The molecule has 0 spiro atoms. The van der Waals surface area contributed by atoms with E-state index in [4.69, 9.17) is 4.74 Å². The molecule has 0 aliphatic carbocycles. The number of benzene rings is 1. The lowest BCUT2D eigenvalue weighted by atomic mass is 10.2. The molecular formula is C19H20N4O4S. The molecule has 0 bridgehead atoms. The van der Waals surface area contributed by atoms with Crippen molar-refractivity contribution in [2.75, 3.05) is 12.4 Å². The van der Waals surface area contributed by atoms with Crippen molar-refractivity contribution in [2.24, 2.45) is 14.1 Å². The van der Waals surface area contributed by atoms with Crippen LogP contribution in [0.2, 0.25) is 0 Å². The number of ketones is 1. The summed E-state index contributed by atoms with van der Waals surface area (Å²) in [4.78, 5) is 45.5. The lowest BCUT2D eigenvalue weighted by Gasteiger charge is -2.12. The molecule has 0 unspecified atom stereocenters. The number of Topliss-reactive ketones (excluding diaryl/α,β-unsaturated/α-hetero) is 1. The van der Waals surface area contributed by atoms with Crippen LogP contribution in [0.25, 0.3) is 22.4 Å². The van der Waals surface area contributed by atoms with E-state index in [1.54, 1.807) is 19.2 Å². The summed E-state index contributed by atoms with van der Waals surface area (Å²) in [5, 5.41) is 0.603. The van der Waals surface area contributed by atoms with Crippen LogP contribution in [-0.4, -0.2) is 37.2 Å². The van der Waals surface area contributed by atoms with Gasteiger partial charge in [0.05, 0.1) is 12.4 Å². The van der Waals surface area contributed by atoms with Gasteiger partial charge in [0.25, 0.3) is 5.56 Å². The van der Waals surface area contributed by atoms with Gasteiger partial charge in [-0.25, -0.2) is 14.8 Å². The van der Waals surface area contributed by atoms with Gasteiger partial charge in [0.15, 0.2) is 11.5 Å². The Balaban J connectivity index is 2.26. The van der Waals surface area contributed by atoms with Gasteiger partial charge in [-0.1, -0.05) is 11.8 Å². The van der Waals surface area contributed by atoms with Gasteiger partial charge < -0.3 is 4.74 Å². The summed E-state index contributed by atoms with van der Waals surface area (Å²) in [5.74, 6) is 1.21. The van der Waals surface area contributed by atoms with Gasteiger partial charge in [0, 0.05) is 19.7 Å². The van der Waals surface area contributed by atoms with Crippen molar-refractivity contribution in [1.82, 2.24) is 19.1 Å². The zero-order valence-corrected chi connectivity index (χ0v) is 16.9. The fourth-order valence-corrected chi connectivity index (χ4v) is 3.51. The normalized spacial score (nSPS) is 11.0. The Hall–Kier alpha value is -2.94. The number of hydrogen-bond acceptors (Lipinski definition) is 7. The van der Waals surface area contributed by atoms with E-state index in [-0.39, 0.29) is 22.6 Å². The van der Waals surface area contributed by atoms with Crippen molar-refractivity contribution < 1.29 is 9.53 Å². The molecule has 28 heavy (non-hydrogen) atoms. The molecule has 3 aromatic rings. The molecule has 9 heteroatoms. The molecule has 0 fully saturated rings. The van der Waals surface area contributed by atoms with Gasteiger partial charge >= 0.3 is 5.69 Å². The highest BCUT2D eigenvalue weighted by atomic mass is 32.2. The van der Waals surface area contributed by atoms with Crippen LogP contribution in [0.4, 0.5) is 0 Å². The summed E-state index contributed by atoms with van der Waals surface area (Å²) >= 11 is 1.16. The second kappa shape index (κ2) is 7.97. The Bertz CT molecular complexity index is 1170. The highest BCUT2D eigenvalue weighted by molar-refractivity contribution is 8.00. The standard InChI is InChI=1S/C19H20N4O4S/c1-5-27-13-8-6-12(7-9-13)15-20-16-14(17(21-15)28-10-11(2)24)18(25)23(4)19(26)22(16)3/h6-9H,5,10H2,1-4H3. The van der Waals surface area contributed by atoms with Crippen molar-refractivity contribution in [2.45, 2.75) is 18.9 Å². The first-order valence-electron chi connectivity index (χ1n) is 8.66. The number of carbonyl (C=O) groups is 1. The van der Waals surface area contributed by atoms with Crippen LogP contribution in [-0.2, 0) is 18.9 Å². The zero-order chi connectivity index (χ0) is 20.4. The number of carbonyl (C=O) groups excluding carboxylic acids is 1. The Morgan fingerprint density at radius 2 is 1.79 bits per heavy atom. The van der Waals surface area contributed by atoms with Crippen LogP contribution in [0, 0.1) is 0 Å². The number of nitrogens with zero attached hydrogens (tertiary/aromatic N) is 4. The number of hydrogen-bond donors (Lipinski definition) is 0. The maximum Gasteiger partial charge on any atom is 0.332 e. The third kappa shape index (κ3) is 3.70.